The molecular weight excluding hydrogens is 352 g/mol. The molecule has 3 aromatic rings. The molecular formula is C14H7Cl4N3. The Morgan fingerprint density at radius 3 is 2.14 bits per heavy atom. The van der Waals surface area contributed by atoms with Crippen molar-refractivity contribution in [2.45, 2.75) is 0 Å². The monoisotopic (exact) mass is 357 g/mol. The summed E-state index contributed by atoms with van der Waals surface area (Å²) in [6.45, 7) is 0. The lowest BCUT2D eigenvalue weighted by Gasteiger charge is -2.09. The van der Waals surface area contributed by atoms with Gasteiger partial charge in [-0.3, -0.25) is 0 Å². The van der Waals surface area contributed by atoms with Gasteiger partial charge in [0.05, 0.1) is 15.7 Å². The first kappa shape index (κ1) is 14.7. The third-order valence-electron chi connectivity index (χ3n) is 2.86. The number of rotatable bonds is 2. The average Bonchev–Trinajstić information content (AvgIpc) is 2.87. The van der Waals surface area contributed by atoms with Crippen molar-refractivity contribution in [1.82, 2.24) is 14.8 Å². The van der Waals surface area contributed by atoms with E-state index in [9.17, 15) is 0 Å². The summed E-state index contributed by atoms with van der Waals surface area (Å²) in [5.41, 5.74) is 1.38. The van der Waals surface area contributed by atoms with Crippen molar-refractivity contribution in [2.75, 3.05) is 0 Å². The number of aromatic nitrogens is 3. The molecule has 0 saturated heterocycles. The van der Waals surface area contributed by atoms with E-state index >= 15 is 0 Å². The zero-order chi connectivity index (χ0) is 15.0. The molecule has 7 heteroatoms. The number of halogens is 4. The normalized spacial score (nSPS) is 10.9. The van der Waals surface area contributed by atoms with Crippen molar-refractivity contribution >= 4 is 46.4 Å². The largest absolute Gasteiger partial charge is 0.215 e. The summed E-state index contributed by atoms with van der Waals surface area (Å²) < 4.78 is 1.60. The molecule has 3 nitrogen and oxygen atoms in total. The highest BCUT2D eigenvalue weighted by molar-refractivity contribution is 6.36. The zero-order valence-corrected chi connectivity index (χ0v) is 13.4. The molecule has 21 heavy (non-hydrogen) atoms. The summed E-state index contributed by atoms with van der Waals surface area (Å²) in [6, 6.07) is 10.3. The molecule has 0 atom stereocenters. The van der Waals surface area contributed by atoms with E-state index in [1.54, 1.807) is 41.1 Å². The Balaban J connectivity index is 2.17. The first-order valence-corrected chi connectivity index (χ1v) is 7.38. The first-order chi connectivity index (χ1) is 10.1. The molecule has 0 aliphatic heterocycles. The van der Waals surface area contributed by atoms with Crippen LogP contribution in [0.1, 0.15) is 0 Å². The Morgan fingerprint density at radius 2 is 1.48 bits per heavy atom. The van der Waals surface area contributed by atoms with Gasteiger partial charge in [-0.05, 0) is 36.4 Å². The second kappa shape index (κ2) is 5.85. The number of nitrogens with zero attached hydrogens (tertiary/aromatic N) is 3. The van der Waals surface area contributed by atoms with Gasteiger partial charge in [0.1, 0.15) is 6.33 Å². The minimum Gasteiger partial charge on any atom is -0.215 e. The van der Waals surface area contributed by atoms with Crippen molar-refractivity contribution in [1.29, 1.82) is 0 Å². The van der Waals surface area contributed by atoms with Crippen LogP contribution in [0.4, 0.5) is 0 Å². The second-order valence-electron chi connectivity index (χ2n) is 4.22. The Labute approximate surface area is 141 Å². The van der Waals surface area contributed by atoms with Crippen LogP contribution in [0.3, 0.4) is 0 Å². The van der Waals surface area contributed by atoms with Gasteiger partial charge in [0.15, 0.2) is 5.82 Å². The van der Waals surface area contributed by atoms with Crippen molar-refractivity contribution in [3.8, 4) is 17.1 Å². The summed E-state index contributed by atoms with van der Waals surface area (Å²) in [7, 11) is 0. The fraction of sp³-hybridized carbons (Fsp3) is 0. The topological polar surface area (TPSA) is 30.7 Å². The van der Waals surface area contributed by atoms with Crippen molar-refractivity contribution in [2.24, 2.45) is 0 Å². The minimum absolute atomic E-state index is 0.472. The van der Waals surface area contributed by atoms with Gasteiger partial charge in [-0.1, -0.05) is 46.4 Å². The number of benzene rings is 2. The van der Waals surface area contributed by atoms with Crippen molar-refractivity contribution in [3.63, 3.8) is 0 Å². The maximum Gasteiger partial charge on any atom is 0.164 e. The Morgan fingerprint density at radius 1 is 0.810 bits per heavy atom. The number of hydrogen-bond acceptors (Lipinski definition) is 2. The van der Waals surface area contributed by atoms with E-state index in [2.05, 4.69) is 10.1 Å². The van der Waals surface area contributed by atoms with Crippen LogP contribution in [0.15, 0.2) is 42.7 Å². The van der Waals surface area contributed by atoms with E-state index < -0.39 is 0 Å². The van der Waals surface area contributed by atoms with Gasteiger partial charge in [-0.25, -0.2) is 9.67 Å². The molecule has 0 N–H and O–H groups in total. The molecule has 0 aliphatic carbocycles. The highest BCUT2D eigenvalue weighted by atomic mass is 35.5. The van der Waals surface area contributed by atoms with Crippen LogP contribution < -0.4 is 0 Å². The van der Waals surface area contributed by atoms with E-state index in [4.69, 9.17) is 46.4 Å². The SMILES string of the molecule is Clc1ccc(-c2ncnn2-c2ccc(Cl)cc2Cl)c(Cl)c1. The molecule has 1 aromatic heterocycles. The van der Waals surface area contributed by atoms with Gasteiger partial charge in [0.25, 0.3) is 0 Å². The third kappa shape index (κ3) is 2.87. The van der Waals surface area contributed by atoms with Crippen LogP contribution in [-0.2, 0) is 0 Å². The van der Waals surface area contributed by atoms with E-state index in [0.717, 1.165) is 0 Å². The van der Waals surface area contributed by atoms with Crippen molar-refractivity contribution < 1.29 is 0 Å². The minimum atomic E-state index is 0.472. The first-order valence-electron chi connectivity index (χ1n) is 5.87. The van der Waals surface area contributed by atoms with Gasteiger partial charge in [-0.15, -0.1) is 0 Å². The highest BCUT2D eigenvalue weighted by Gasteiger charge is 2.15. The van der Waals surface area contributed by atoms with Gasteiger partial charge in [0, 0.05) is 15.6 Å². The molecule has 106 valence electrons. The van der Waals surface area contributed by atoms with Crippen LogP contribution >= 0.6 is 46.4 Å². The Bertz CT molecular complexity index is 748. The summed E-state index contributed by atoms with van der Waals surface area (Å²) in [5, 5.41) is 6.27. The van der Waals surface area contributed by atoms with E-state index in [0.29, 0.717) is 37.2 Å². The van der Waals surface area contributed by atoms with Gasteiger partial charge in [0.2, 0.25) is 0 Å². The standard InChI is InChI=1S/C14H7Cl4N3/c15-8-1-3-10(11(17)5-8)14-19-7-20-21(14)13-4-2-9(16)6-12(13)18/h1-7H. The third-order valence-corrected chi connectivity index (χ3v) is 3.94. The summed E-state index contributed by atoms with van der Waals surface area (Å²) in [6.07, 6.45) is 1.44. The summed E-state index contributed by atoms with van der Waals surface area (Å²) in [4.78, 5) is 4.25. The predicted molar refractivity (Wildman–Crippen MR) is 86.8 cm³/mol. The van der Waals surface area contributed by atoms with E-state index in [-0.39, 0.29) is 0 Å². The molecule has 0 radical (unpaired) electrons. The lowest BCUT2D eigenvalue weighted by atomic mass is 10.2. The molecule has 0 amide bonds. The number of hydrogen-bond donors (Lipinski definition) is 0. The fourth-order valence-corrected chi connectivity index (χ4v) is 2.91. The quantitative estimate of drug-likeness (QED) is 0.601. The van der Waals surface area contributed by atoms with Gasteiger partial charge >= 0.3 is 0 Å². The lowest BCUT2D eigenvalue weighted by molar-refractivity contribution is 0.887. The maximum atomic E-state index is 6.23. The van der Waals surface area contributed by atoms with Gasteiger partial charge < -0.3 is 0 Å². The summed E-state index contributed by atoms with van der Waals surface area (Å²) in [5.74, 6) is 0.570. The van der Waals surface area contributed by atoms with Crippen LogP contribution in [0.2, 0.25) is 20.1 Å². The Hall–Kier alpha value is -1.26. The van der Waals surface area contributed by atoms with Gasteiger partial charge in [-0.2, -0.15) is 5.10 Å². The van der Waals surface area contributed by atoms with Crippen LogP contribution in [0.25, 0.3) is 17.1 Å². The molecule has 0 fully saturated rings. The fourth-order valence-electron chi connectivity index (χ4n) is 1.93. The van der Waals surface area contributed by atoms with Crippen LogP contribution in [-0.4, -0.2) is 14.8 Å². The van der Waals surface area contributed by atoms with Crippen LogP contribution in [0.5, 0.6) is 0 Å². The van der Waals surface area contributed by atoms with E-state index in [1.807, 2.05) is 0 Å². The molecule has 0 unspecified atom stereocenters. The molecule has 0 spiro atoms. The molecule has 0 aliphatic rings. The lowest BCUT2D eigenvalue weighted by Crippen LogP contribution is -2.00. The van der Waals surface area contributed by atoms with E-state index in [1.165, 1.54) is 6.33 Å². The molecule has 0 bridgehead atoms. The molecule has 3 rings (SSSR count). The molecule has 0 saturated carbocycles. The maximum absolute atomic E-state index is 6.23. The molecule has 2 aromatic carbocycles. The Kier molecular flexibility index (Phi) is 4.09. The average molecular weight is 359 g/mol. The predicted octanol–water partition coefficient (Wildman–Crippen LogP) is 5.55. The summed E-state index contributed by atoms with van der Waals surface area (Å²) >= 11 is 24.3. The molecule has 1 heterocycles. The second-order valence-corrected chi connectivity index (χ2v) is 5.90. The van der Waals surface area contributed by atoms with Crippen molar-refractivity contribution in [3.05, 3.63) is 62.8 Å². The highest BCUT2D eigenvalue weighted by Crippen LogP contribution is 2.32. The van der Waals surface area contributed by atoms with Crippen LogP contribution in [0, 0.1) is 0 Å². The zero-order valence-electron chi connectivity index (χ0n) is 10.4. The smallest absolute Gasteiger partial charge is 0.164 e.